The quantitative estimate of drug-likeness (QED) is 0.721. The van der Waals surface area contributed by atoms with Crippen LogP contribution in [0.15, 0.2) is 53.6 Å². The highest BCUT2D eigenvalue weighted by Gasteiger charge is 2.32. The first-order valence-corrected chi connectivity index (χ1v) is 7.34. The van der Waals surface area contributed by atoms with Crippen molar-refractivity contribution in [2.75, 3.05) is 13.1 Å². The molecule has 1 aromatic carbocycles. The molecule has 0 bridgehead atoms. The average Bonchev–Trinajstić information content (AvgIpc) is 3.01. The van der Waals surface area contributed by atoms with Gasteiger partial charge in [-0.25, -0.2) is 4.98 Å². The van der Waals surface area contributed by atoms with E-state index in [0.717, 1.165) is 5.56 Å². The number of nitrogens with zero attached hydrogens (tertiary/aromatic N) is 2. The van der Waals surface area contributed by atoms with E-state index >= 15 is 0 Å². The standard InChI is InChI=1S/C17H17F3N2O2/c1-2-10-22(12-17(18,19)20)16(23)9-8-15-21-11-14(24-15)13-6-4-3-5-7-13/h2-7,11H,1,8-10,12H2. The summed E-state index contributed by atoms with van der Waals surface area (Å²) in [6.45, 7) is 1.93. The molecule has 24 heavy (non-hydrogen) atoms. The van der Waals surface area contributed by atoms with Crippen LogP contribution < -0.4 is 0 Å². The Bertz CT molecular complexity index is 681. The van der Waals surface area contributed by atoms with Gasteiger partial charge in [-0.05, 0) is 0 Å². The molecule has 0 aliphatic heterocycles. The van der Waals surface area contributed by atoms with Crippen molar-refractivity contribution in [2.24, 2.45) is 0 Å². The molecule has 1 aromatic heterocycles. The first-order chi connectivity index (χ1) is 11.4. The molecule has 2 rings (SSSR count). The molecule has 0 unspecified atom stereocenters. The Labute approximate surface area is 137 Å². The number of halogens is 3. The van der Waals surface area contributed by atoms with Crippen LogP contribution in [0.3, 0.4) is 0 Å². The fourth-order valence-corrected chi connectivity index (χ4v) is 2.16. The molecule has 0 atom stereocenters. The lowest BCUT2D eigenvalue weighted by atomic mass is 10.2. The molecule has 0 N–H and O–H groups in total. The zero-order valence-electron chi connectivity index (χ0n) is 12.9. The van der Waals surface area contributed by atoms with Gasteiger partial charge in [0.2, 0.25) is 5.91 Å². The third kappa shape index (κ3) is 5.26. The molecule has 0 spiro atoms. The fourth-order valence-electron chi connectivity index (χ4n) is 2.16. The number of aryl methyl sites for hydroxylation is 1. The SMILES string of the molecule is C=CCN(CC(F)(F)F)C(=O)CCc1ncc(-c2ccccc2)o1. The second-order valence-electron chi connectivity index (χ2n) is 5.16. The summed E-state index contributed by atoms with van der Waals surface area (Å²) in [4.78, 5) is 16.8. The van der Waals surface area contributed by atoms with Gasteiger partial charge in [-0.1, -0.05) is 36.4 Å². The maximum absolute atomic E-state index is 12.5. The van der Waals surface area contributed by atoms with Gasteiger partial charge in [0.1, 0.15) is 6.54 Å². The predicted octanol–water partition coefficient (Wildman–Crippen LogP) is 3.85. The maximum atomic E-state index is 12.5. The maximum Gasteiger partial charge on any atom is 0.406 e. The van der Waals surface area contributed by atoms with Crippen molar-refractivity contribution in [3.05, 3.63) is 55.1 Å². The van der Waals surface area contributed by atoms with Crippen LogP contribution in [-0.4, -0.2) is 35.1 Å². The molecule has 7 heteroatoms. The van der Waals surface area contributed by atoms with E-state index < -0.39 is 18.6 Å². The molecule has 128 valence electrons. The lowest BCUT2D eigenvalue weighted by molar-refractivity contribution is -0.160. The fraction of sp³-hybridized carbons (Fsp3) is 0.294. The van der Waals surface area contributed by atoms with E-state index in [9.17, 15) is 18.0 Å². The highest BCUT2D eigenvalue weighted by Crippen LogP contribution is 2.21. The van der Waals surface area contributed by atoms with Crippen LogP contribution in [0.25, 0.3) is 11.3 Å². The summed E-state index contributed by atoms with van der Waals surface area (Å²) in [6.07, 6.45) is -1.62. The van der Waals surface area contributed by atoms with Gasteiger partial charge >= 0.3 is 6.18 Å². The predicted molar refractivity (Wildman–Crippen MR) is 83.1 cm³/mol. The van der Waals surface area contributed by atoms with Gasteiger partial charge in [-0.15, -0.1) is 6.58 Å². The molecule has 1 amide bonds. The van der Waals surface area contributed by atoms with Crippen LogP contribution in [0.5, 0.6) is 0 Å². The van der Waals surface area contributed by atoms with Crippen LogP contribution in [0.2, 0.25) is 0 Å². The first kappa shape index (κ1) is 17.8. The molecule has 1 heterocycles. The second kappa shape index (κ2) is 7.81. The van der Waals surface area contributed by atoms with Gasteiger partial charge < -0.3 is 9.32 Å². The summed E-state index contributed by atoms with van der Waals surface area (Å²) < 4.78 is 43.0. The monoisotopic (exact) mass is 338 g/mol. The number of amides is 1. The number of oxazole rings is 1. The molecule has 0 saturated carbocycles. The summed E-state index contributed by atoms with van der Waals surface area (Å²) in [5.41, 5.74) is 0.841. The van der Waals surface area contributed by atoms with Gasteiger partial charge in [-0.3, -0.25) is 4.79 Å². The van der Waals surface area contributed by atoms with Gasteiger partial charge in [0.25, 0.3) is 0 Å². The van der Waals surface area contributed by atoms with Crippen molar-refractivity contribution in [1.29, 1.82) is 0 Å². The Hall–Kier alpha value is -2.57. The van der Waals surface area contributed by atoms with Crippen LogP contribution in [-0.2, 0) is 11.2 Å². The molecule has 0 aliphatic rings. The van der Waals surface area contributed by atoms with E-state index in [1.54, 1.807) is 0 Å². The highest BCUT2D eigenvalue weighted by molar-refractivity contribution is 5.76. The molecule has 0 aliphatic carbocycles. The Balaban J connectivity index is 1.95. The summed E-state index contributed by atoms with van der Waals surface area (Å²) >= 11 is 0. The van der Waals surface area contributed by atoms with E-state index in [-0.39, 0.29) is 19.4 Å². The normalized spacial score (nSPS) is 11.3. The van der Waals surface area contributed by atoms with Crippen LogP contribution >= 0.6 is 0 Å². The lowest BCUT2D eigenvalue weighted by Crippen LogP contribution is -2.39. The average molecular weight is 338 g/mol. The van der Waals surface area contributed by atoms with Gasteiger partial charge in [0.15, 0.2) is 11.7 Å². The Kier molecular flexibility index (Phi) is 5.78. The van der Waals surface area contributed by atoms with E-state index in [2.05, 4.69) is 11.6 Å². The minimum atomic E-state index is -4.44. The molecular weight excluding hydrogens is 321 g/mol. The summed E-state index contributed by atoms with van der Waals surface area (Å²) in [5.74, 6) is 0.246. The van der Waals surface area contributed by atoms with Crippen molar-refractivity contribution in [2.45, 2.75) is 19.0 Å². The molecule has 0 saturated heterocycles. The number of aromatic nitrogens is 1. The number of carbonyl (C=O) groups is 1. The summed E-state index contributed by atoms with van der Waals surface area (Å²) in [6, 6.07) is 9.28. The lowest BCUT2D eigenvalue weighted by Gasteiger charge is -2.22. The van der Waals surface area contributed by atoms with Crippen molar-refractivity contribution in [1.82, 2.24) is 9.88 Å². The molecule has 2 aromatic rings. The van der Waals surface area contributed by atoms with Crippen LogP contribution in [0.4, 0.5) is 13.2 Å². The highest BCUT2D eigenvalue weighted by atomic mass is 19.4. The van der Waals surface area contributed by atoms with Crippen molar-refractivity contribution in [3.8, 4) is 11.3 Å². The zero-order chi connectivity index (χ0) is 17.6. The number of rotatable bonds is 7. The number of carbonyl (C=O) groups excluding carboxylic acids is 1. The number of alkyl halides is 3. The third-order valence-corrected chi connectivity index (χ3v) is 3.24. The van der Waals surface area contributed by atoms with E-state index in [4.69, 9.17) is 4.42 Å². The van der Waals surface area contributed by atoms with Gasteiger partial charge in [0.05, 0.1) is 6.20 Å². The Morgan fingerprint density at radius 2 is 2.00 bits per heavy atom. The molecule has 0 radical (unpaired) electrons. The minimum absolute atomic E-state index is 0.112. The Morgan fingerprint density at radius 1 is 1.29 bits per heavy atom. The molecular formula is C17H17F3N2O2. The summed E-state index contributed by atoms with van der Waals surface area (Å²) in [7, 11) is 0. The molecule has 0 fully saturated rings. The van der Waals surface area contributed by atoms with Crippen LogP contribution in [0, 0.1) is 0 Å². The minimum Gasteiger partial charge on any atom is -0.441 e. The van der Waals surface area contributed by atoms with E-state index in [0.29, 0.717) is 16.6 Å². The van der Waals surface area contributed by atoms with Crippen LogP contribution in [0.1, 0.15) is 12.3 Å². The van der Waals surface area contributed by atoms with Crippen molar-refractivity contribution >= 4 is 5.91 Å². The third-order valence-electron chi connectivity index (χ3n) is 3.24. The topological polar surface area (TPSA) is 46.3 Å². The van der Waals surface area contributed by atoms with Gasteiger partial charge in [0, 0.05) is 24.9 Å². The summed E-state index contributed by atoms with van der Waals surface area (Å²) in [5, 5.41) is 0. The number of hydrogen-bond donors (Lipinski definition) is 0. The number of benzene rings is 1. The number of hydrogen-bond acceptors (Lipinski definition) is 3. The van der Waals surface area contributed by atoms with Crippen molar-refractivity contribution in [3.63, 3.8) is 0 Å². The second-order valence-corrected chi connectivity index (χ2v) is 5.16. The smallest absolute Gasteiger partial charge is 0.406 e. The zero-order valence-corrected chi connectivity index (χ0v) is 12.9. The van der Waals surface area contributed by atoms with E-state index in [1.165, 1.54) is 12.3 Å². The van der Waals surface area contributed by atoms with E-state index in [1.807, 2.05) is 30.3 Å². The molecule has 4 nitrogen and oxygen atoms in total. The first-order valence-electron chi connectivity index (χ1n) is 7.34. The largest absolute Gasteiger partial charge is 0.441 e. The van der Waals surface area contributed by atoms with Crippen molar-refractivity contribution < 1.29 is 22.4 Å². The Morgan fingerprint density at radius 3 is 2.62 bits per heavy atom. The van der Waals surface area contributed by atoms with Gasteiger partial charge in [-0.2, -0.15) is 13.2 Å².